The molecular formula is C8H18O3. The first-order valence-electron chi connectivity index (χ1n) is 3.82. The lowest BCUT2D eigenvalue weighted by atomic mass is 10.2. The van der Waals surface area contributed by atoms with Crippen molar-refractivity contribution in [1.29, 1.82) is 0 Å². The van der Waals surface area contributed by atoms with Crippen molar-refractivity contribution in [2.24, 2.45) is 5.92 Å². The molecule has 0 radical (unpaired) electrons. The first kappa shape index (κ1) is 10.9. The maximum absolute atomic E-state index is 8.68. The van der Waals surface area contributed by atoms with E-state index in [0.717, 1.165) is 0 Å². The summed E-state index contributed by atoms with van der Waals surface area (Å²) in [5.41, 5.74) is 0. The average molecular weight is 162 g/mol. The molecule has 3 nitrogen and oxygen atoms in total. The Morgan fingerprint density at radius 2 is 2.00 bits per heavy atom. The van der Waals surface area contributed by atoms with Crippen LogP contribution in [0.5, 0.6) is 0 Å². The zero-order valence-electron chi connectivity index (χ0n) is 7.76. The van der Waals surface area contributed by atoms with E-state index >= 15 is 0 Å². The van der Waals surface area contributed by atoms with Crippen molar-refractivity contribution in [1.82, 2.24) is 0 Å². The largest absolute Gasteiger partial charge is 0.396 e. The molecule has 0 unspecified atom stereocenters. The van der Waals surface area contributed by atoms with Gasteiger partial charge in [-0.3, -0.25) is 0 Å². The van der Waals surface area contributed by atoms with Crippen LogP contribution < -0.4 is 0 Å². The second-order valence-corrected chi connectivity index (χ2v) is 3.20. The van der Waals surface area contributed by atoms with E-state index in [1.54, 1.807) is 7.11 Å². The molecule has 11 heavy (non-hydrogen) atoms. The molecule has 0 aliphatic carbocycles. The second kappa shape index (κ2) is 4.70. The Balaban J connectivity index is 3.52. The topological polar surface area (TPSA) is 38.7 Å². The number of rotatable bonds is 5. The highest BCUT2D eigenvalue weighted by molar-refractivity contribution is 4.54. The number of methoxy groups -OCH3 is 1. The molecule has 0 bridgehead atoms. The lowest BCUT2D eigenvalue weighted by Gasteiger charge is -2.24. The molecule has 0 saturated heterocycles. The van der Waals surface area contributed by atoms with Gasteiger partial charge < -0.3 is 14.6 Å². The van der Waals surface area contributed by atoms with Gasteiger partial charge in [-0.2, -0.15) is 0 Å². The highest BCUT2D eigenvalue weighted by Crippen LogP contribution is 2.10. The first-order chi connectivity index (χ1) is 5.02. The summed E-state index contributed by atoms with van der Waals surface area (Å²) in [5.74, 6) is -0.368. The van der Waals surface area contributed by atoms with Crippen molar-refractivity contribution in [3.05, 3.63) is 0 Å². The third kappa shape index (κ3) is 5.18. The summed E-state index contributed by atoms with van der Waals surface area (Å²) in [6.45, 7) is 6.29. The molecule has 1 N–H and O–H groups in total. The summed E-state index contributed by atoms with van der Waals surface area (Å²) in [6, 6.07) is 0. The standard InChI is InChI=1S/C8H18O3/c1-7(5-9)6-11-8(2,3)10-4/h7,9H,5-6H2,1-4H3/t7-/m1/s1. The molecule has 0 saturated carbocycles. The Kier molecular flexibility index (Phi) is 4.65. The average Bonchev–Trinajstić information content (AvgIpc) is 2.00. The van der Waals surface area contributed by atoms with Crippen molar-refractivity contribution < 1.29 is 14.6 Å². The van der Waals surface area contributed by atoms with E-state index in [1.165, 1.54) is 0 Å². The zero-order valence-corrected chi connectivity index (χ0v) is 7.76. The van der Waals surface area contributed by atoms with Gasteiger partial charge in [0.2, 0.25) is 0 Å². The quantitative estimate of drug-likeness (QED) is 0.613. The van der Waals surface area contributed by atoms with Gasteiger partial charge in [0, 0.05) is 19.6 Å². The van der Waals surface area contributed by atoms with Crippen molar-refractivity contribution in [3.63, 3.8) is 0 Å². The molecule has 68 valence electrons. The molecule has 0 aromatic heterocycles. The third-order valence-corrected chi connectivity index (χ3v) is 1.52. The fourth-order valence-corrected chi connectivity index (χ4v) is 0.455. The van der Waals surface area contributed by atoms with Gasteiger partial charge in [0.05, 0.1) is 6.61 Å². The van der Waals surface area contributed by atoms with Crippen molar-refractivity contribution in [2.45, 2.75) is 26.6 Å². The van der Waals surface area contributed by atoms with Crippen LogP contribution in [0.2, 0.25) is 0 Å². The monoisotopic (exact) mass is 162 g/mol. The number of hydrogen-bond acceptors (Lipinski definition) is 3. The molecule has 0 aliphatic rings. The minimum Gasteiger partial charge on any atom is -0.396 e. The molecule has 0 heterocycles. The Morgan fingerprint density at radius 3 is 2.36 bits per heavy atom. The van der Waals surface area contributed by atoms with Gasteiger partial charge >= 0.3 is 0 Å². The molecule has 0 spiro atoms. The van der Waals surface area contributed by atoms with Crippen LogP contribution in [0.4, 0.5) is 0 Å². The number of hydrogen-bond donors (Lipinski definition) is 1. The van der Waals surface area contributed by atoms with E-state index in [9.17, 15) is 0 Å². The maximum Gasteiger partial charge on any atom is 0.162 e. The minimum absolute atomic E-state index is 0.153. The Labute approximate surface area is 68.3 Å². The van der Waals surface area contributed by atoms with Crippen LogP contribution in [-0.4, -0.2) is 31.2 Å². The van der Waals surface area contributed by atoms with E-state index < -0.39 is 5.79 Å². The smallest absolute Gasteiger partial charge is 0.162 e. The highest BCUT2D eigenvalue weighted by atomic mass is 16.7. The van der Waals surface area contributed by atoms with Gasteiger partial charge in [-0.05, 0) is 13.8 Å². The number of aliphatic hydroxyl groups is 1. The summed E-state index contributed by atoms with van der Waals surface area (Å²) >= 11 is 0. The van der Waals surface area contributed by atoms with Gasteiger partial charge in [-0.15, -0.1) is 0 Å². The van der Waals surface area contributed by atoms with E-state index in [-0.39, 0.29) is 12.5 Å². The molecule has 0 rings (SSSR count). The molecular weight excluding hydrogens is 144 g/mol. The predicted octanol–water partition coefficient (Wildman–Crippen LogP) is 1.01. The van der Waals surface area contributed by atoms with E-state index in [4.69, 9.17) is 14.6 Å². The van der Waals surface area contributed by atoms with E-state index in [1.807, 2.05) is 20.8 Å². The van der Waals surface area contributed by atoms with Crippen LogP contribution in [0.15, 0.2) is 0 Å². The van der Waals surface area contributed by atoms with Crippen LogP contribution in [0.3, 0.4) is 0 Å². The maximum atomic E-state index is 8.68. The molecule has 0 aromatic rings. The normalized spacial score (nSPS) is 15.0. The zero-order chi connectivity index (χ0) is 8.91. The molecule has 0 aromatic carbocycles. The SMILES string of the molecule is COC(C)(C)OC[C@H](C)CO. The molecule has 3 heteroatoms. The molecule has 1 atom stereocenters. The van der Waals surface area contributed by atoms with Crippen molar-refractivity contribution >= 4 is 0 Å². The summed E-state index contributed by atoms with van der Waals surface area (Å²) in [7, 11) is 1.60. The molecule has 0 aliphatic heterocycles. The lowest BCUT2D eigenvalue weighted by molar-refractivity contribution is -0.204. The summed E-state index contributed by atoms with van der Waals surface area (Å²) in [4.78, 5) is 0. The second-order valence-electron chi connectivity index (χ2n) is 3.20. The Hall–Kier alpha value is -0.120. The summed E-state index contributed by atoms with van der Waals surface area (Å²) < 4.78 is 10.4. The van der Waals surface area contributed by atoms with Gasteiger partial charge in [-0.25, -0.2) is 0 Å². The molecule has 0 fully saturated rings. The highest BCUT2D eigenvalue weighted by Gasteiger charge is 2.17. The number of aliphatic hydroxyl groups excluding tert-OH is 1. The third-order valence-electron chi connectivity index (χ3n) is 1.52. The van der Waals surface area contributed by atoms with Crippen LogP contribution in [0.25, 0.3) is 0 Å². The summed E-state index contributed by atoms with van der Waals surface area (Å²) in [5, 5.41) is 8.68. The van der Waals surface area contributed by atoms with Crippen LogP contribution >= 0.6 is 0 Å². The van der Waals surface area contributed by atoms with Crippen molar-refractivity contribution in [3.8, 4) is 0 Å². The van der Waals surface area contributed by atoms with E-state index in [0.29, 0.717) is 6.61 Å². The lowest BCUT2D eigenvalue weighted by Crippen LogP contribution is -2.29. The van der Waals surface area contributed by atoms with Gasteiger partial charge in [0.15, 0.2) is 5.79 Å². The minimum atomic E-state index is -0.538. The Bertz CT molecular complexity index is 102. The Morgan fingerprint density at radius 1 is 1.45 bits per heavy atom. The fraction of sp³-hybridized carbons (Fsp3) is 1.00. The summed E-state index contributed by atoms with van der Waals surface area (Å²) in [6.07, 6.45) is 0. The van der Waals surface area contributed by atoms with Gasteiger partial charge in [0.1, 0.15) is 0 Å². The predicted molar refractivity (Wildman–Crippen MR) is 43.3 cm³/mol. The van der Waals surface area contributed by atoms with Crippen LogP contribution in [0, 0.1) is 5.92 Å². The van der Waals surface area contributed by atoms with Gasteiger partial charge in [0.25, 0.3) is 0 Å². The van der Waals surface area contributed by atoms with Crippen molar-refractivity contribution in [2.75, 3.05) is 20.3 Å². The fourth-order valence-electron chi connectivity index (χ4n) is 0.455. The van der Waals surface area contributed by atoms with Crippen LogP contribution in [0.1, 0.15) is 20.8 Å². The number of ether oxygens (including phenoxy) is 2. The molecule has 0 amide bonds. The van der Waals surface area contributed by atoms with Crippen LogP contribution in [-0.2, 0) is 9.47 Å². The van der Waals surface area contributed by atoms with Gasteiger partial charge in [-0.1, -0.05) is 6.92 Å². The van der Waals surface area contributed by atoms with E-state index in [2.05, 4.69) is 0 Å². The first-order valence-corrected chi connectivity index (χ1v) is 3.82.